The van der Waals surface area contributed by atoms with Gasteiger partial charge in [0.1, 0.15) is 5.00 Å². The summed E-state index contributed by atoms with van der Waals surface area (Å²) in [5.41, 5.74) is 9.38. The molecule has 0 unspecified atom stereocenters. The SMILES string of the molecule is CCn1ncc(CN(C)CC(=O)Nc2sc3c(c2C(N)=O)CC[C@@H](C)C3)c1C. The minimum Gasteiger partial charge on any atom is -0.365 e. The zero-order chi connectivity index (χ0) is 20.4. The van der Waals surface area contributed by atoms with Crippen LogP contribution in [0.15, 0.2) is 6.20 Å². The van der Waals surface area contributed by atoms with Crippen molar-refractivity contribution in [2.75, 3.05) is 18.9 Å². The van der Waals surface area contributed by atoms with Gasteiger partial charge in [-0.2, -0.15) is 5.10 Å². The number of rotatable bonds is 7. The van der Waals surface area contributed by atoms with Gasteiger partial charge >= 0.3 is 0 Å². The van der Waals surface area contributed by atoms with Gasteiger partial charge in [0, 0.05) is 29.2 Å². The first-order valence-corrected chi connectivity index (χ1v) is 10.6. The molecule has 152 valence electrons. The lowest BCUT2D eigenvalue weighted by molar-refractivity contribution is -0.117. The van der Waals surface area contributed by atoms with E-state index in [-0.39, 0.29) is 12.5 Å². The molecule has 1 aliphatic rings. The summed E-state index contributed by atoms with van der Waals surface area (Å²) in [5.74, 6) is -0.00988. The largest absolute Gasteiger partial charge is 0.365 e. The summed E-state index contributed by atoms with van der Waals surface area (Å²) in [6, 6.07) is 0. The summed E-state index contributed by atoms with van der Waals surface area (Å²) in [7, 11) is 1.90. The van der Waals surface area contributed by atoms with Gasteiger partial charge in [-0.15, -0.1) is 11.3 Å². The van der Waals surface area contributed by atoms with E-state index >= 15 is 0 Å². The van der Waals surface area contributed by atoms with Gasteiger partial charge in [-0.25, -0.2) is 0 Å². The van der Waals surface area contributed by atoms with Gasteiger partial charge in [0.05, 0.1) is 18.3 Å². The van der Waals surface area contributed by atoms with Gasteiger partial charge in [0.15, 0.2) is 0 Å². The zero-order valence-corrected chi connectivity index (χ0v) is 17.9. The molecule has 0 saturated carbocycles. The highest BCUT2D eigenvalue weighted by Crippen LogP contribution is 2.39. The van der Waals surface area contributed by atoms with Crippen molar-refractivity contribution in [3.05, 3.63) is 33.5 Å². The molecule has 0 aromatic carbocycles. The Hall–Kier alpha value is -2.19. The number of carbonyl (C=O) groups excluding carboxylic acids is 2. The predicted molar refractivity (Wildman–Crippen MR) is 112 cm³/mol. The molecule has 2 amide bonds. The molecule has 0 spiro atoms. The monoisotopic (exact) mass is 403 g/mol. The van der Waals surface area contributed by atoms with Crippen molar-refractivity contribution >= 4 is 28.2 Å². The fraction of sp³-hybridized carbons (Fsp3) is 0.550. The van der Waals surface area contributed by atoms with E-state index in [1.165, 1.54) is 16.2 Å². The average Bonchev–Trinajstić information content (AvgIpc) is 3.14. The Bertz CT molecular complexity index is 886. The average molecular weight is 404 g/mol. The van der Waals surface area contributed by atoms with Crippen LogP contribution in [-0.2, 0) is 30.7 Å². The second-order valence-electron chi connectivity index (χ2n) is 7.71. The third-order valence-electron chi connectivity index (χ3n) is 5.37. The summed E-state index contributed by atoms with van der Waals surface area (Å²) in [5, 5.41) is 7.87. The Morgan fingerprint density at radius 3 is 2.86 bits per heavy atom. The number of nitrogens with two attached hydrogens (primary N) is 1. The molecular formula is C20H29N5O2S. The number of likely N-dealkylation sites (N-methyl/N-ethyl adjacent to an activating group) is 1. The number of hydrogen-bond donors (Lipinski definition) is 2. The van der Waals surface area contributed by atoms with Crippen LogP contribution in [0.4, 0.5) is 5.00 Å². The fourth-order valence-corrected chi connectivity index (χ4v) is 5.25. The van der Waals surface area contributed by atoms with Crippen molar-refractivity contribution in [1.82, 2.24) is 14.7 Å². The molecule has 2 heterocycles. The summed E-state index contributed by atoms with van der Waals surface area (Å²) >= 11 is 1.50. The van der Waals surface area contributed by atoms with Gasteiger partial charge in [-0.05, 0) is 51.6 Å². The third kappa shape index (κ3) is 4.28. The summed E-state index contributed by atoms with van der Waals surface area (Å²) in [4.78, 5) is 27.7. The van der Waals surface area contributed by atoms with E-state index in [0.29, 0.717) is 23.0 Å². The van der Waals surface area contributed by atoms with Crippen LogP contribution in [0.3, 0.4) is 0 Å². The lowest BCUT2D eigenvalue weighted by atomic mass is 9.88. The van der Waals surface area contributed by atoms with Crippen LogP contribution in [0.1, 0.15) is 52.3 Å². The number of anilines is 1. The second kappa shape index (κ2) is 8.45. The number of carbonyl (C=O) groups is 2. The fourth-order valence-electron chi connectivity index (χ4n) is 3.82. The molecule has 7 nitrogen and oxygen atoms in total. The summed E-state index contributed by atoms with van der Waals surface area (Å²) < 4.78 is 1.94. The Labute approximate surface area is 169 Å². The smallest absolute Gasteiger partial charge is 0.251 e. The highest BCUT2D eigenvalue weighted by atomic mass is 32.1. The van der Waals surface area contributed by atoms with Crippen molar-refractivity contribution in [3.63, 3.8) is 0 Å². The maximum absolute atomic E-state index is 12.6. The van der Waals surface area contributed by atoms with E-state index in [2.05, 4.69) is 24.3 Å². The van der Waals surface area contributed by atoms with Crippen LogP contribution in [-0.4, -0.2) is 40.1 Å². The number of hydrogen-bond acceptors (Lipinski definition) is 5. The van der Waals surface area contributed by atoms with Crippen LogP contribution < -0.4 is 11.1 Å². The van der Waals surface area contributed by atoms with Crippen molar-refractivity contribution in [1.29, 1.82) is 0 Å². The van der Waals surface area contributed by atoms with Crippen molar-refractivity contribution in [3.8, 4) is 0 Å². The molecule has 8 heteroatoms. The molecule has 0 radical (unpaired) electrons. The third-order valence-corrected chi connectivity index (χ3v) is 6.54. The molecule has 0 bridgehead atoms. The Balaban J connectivity index is 1.67. The minimum absolute atomic E-state index is 0.141. The number of primary amides is 1. The first kappa shape index (κ1) is 20.5. The van der Waals surface area contributed by atoms with Gasteiger partial charge in [0.2, 0.25) is 5.91 Å². The molecular weight excluding hydrogens is 374 g/mol. The number of amides is 2. The number of thiophene rings is 1. The maximum atomic E-state index is 12.6. The van der Waals surface area contributed by atoms with Gasteiger partial charge in [0.25, 0.3) is 5.91 Å². The first-order chi connectivity index (χ1) is 13.3. The maximum Gasteiger partial charge on any atom is 0.251 e. The normalized spacial score (nSPS) is 16.2. The molecule has 0 fully saturated rings. The highest BCUT2D eigenvalue weighted by Gasteiger charge is 2.27. The van der Waals surface area contributed by atoms with E-state index < -0.39 is 5.91 Å². The van der Waals surface area contributed by atoms with Crippen LogP contribution in [0, 0.1) is 12.8 Å². The predicted octanol–water partition coefficient (Wildman–Crippen LogP) is 2.57. The molecule has 3 N–H and O–H groups in total. The zero-order valence-electron chi connectivity index (χ0n) is 17.0. The van der Waals surface area contributed by atoms with Crippen LogP contribution in [0.5, 0.6) is 0 Å². The molecule has 1 atom stereocenters. The molecule has 0 aliphatic heterocycles. The molecule has 2 aromatic heterocycles. The number of fused-ring (bicyclic) bond motifs is 1. The Morgan fingerprint density at radius 2 is 2.21 bits per heavy atom. The lowest BCUT2D eigenvalue weighted by Crippen LogP contribution is -2.30. The summed E-state index contributed by atoms with van der Waals surface area (Å²) in [6.45, 7) is 8.00. The van der Waals surface area contributed by atoms with Crippen molar-refractivity contribution < 1.29 is 9.59 Å². The molecule has 3 rings (SSSR count). The molecule has 28 heavy (non-hydrogen) atoms. The standard InChI is InChI=1S/C20H29N5O2S/c1-5-25-13(3)14(9-22-25)10-24(4)11-17(26)23-20-18(19(21)27)15-7-6-12(2)8-16(15)28-20/h9,12H,5-8,10-11H2,1-4H3,(H2,21,27)(H,23,26)/t12-/m1/s1. The van der Waals surface area contributed by atoms with Gasteiger partial charge < -0.3 is 11.1 Å². The van der Waals surface area contributed by atoms with E-state index in [0.717, 1.165) is 42.6 Å². The molecule has 2 aromatic rings. The van der Waals surface area contributed by atoms with Crippen LogP contribution >= 0.6 is 11.3 Å². The minimum atomic E-state index is -0.460. The second-order valence-corrected chi connectivity index (χ2v) is 8.82. The van der Waals surface area contributed by atoms with Crippen molar-refractivity contribution in [2.24, 2.45) is 11.7 Å². The number of aryl methyl sites for hydroxylation is 1. The topological polar surface area (TPSA) is 93.2 Å². The van der Waals surface area contributed by atoms with Crippen LogP contribution in [0.25, 0.3) is 0 Å². The number of nitrogens with zero attached hydrogens (tertiary/aromatic N) is 3. The summed E-state index contributed by atoms with van der Waals surface area (Å²) in [6.07, 6.45) is 4.69. The van der Waals surface area contributed by atoms with E-state index in [1.54, 1.807) is 0 Å². The van der Waals surface area contributed by atoms with Gasteiger partial charge in [-0.1, -0.05) is 6.92 Å². The Morgan fingerprint density at radius 1 is 1.46 bits per heavy atom. The Kier molecular flexibility index (Phi) is 6.20. The molecule has 1 aliphatic carbocycles. The van der Waals surface area contributed by atoms with Crippen LogP contribution in [0.2, 0.25) is 0 Å². The lowest BCUT2D eigenvalue weighted by Gasteiger charge is -2.18. The number of nitrogens with one attached hydrogen (secondary N) is 1. The quantitative estimate of drug-likeness (QED) is 0.743. The van der Waals surface area contributed by atoms with E-state index in [1.807, 2.05) is 29.7 Å². The van der Waals surface area contributed by atoms with E-state index in [4.69, 9.17) is 5.73 Å². The first-order valence-electron chi connectivity index (χ1n) is 9.74. The highest BCUT2D eigenvalue weighted by molar-refractivity contribution is 7.17. The molecule has 0 saturated heterocycles. The number of aromatic nitrogens is 2. The van der Waals surface area contributed by atoms with E-state index in [9.17, 15) is 9.59 Å². The van der Waals surface area contributed by atoms with Crippen molar-refractivity contribution in [2.45, 2.75) is 53.1 Å². The van der Waals surface area contributed by atoms with Gasteiger partial charge in [-0.3, -0.25) is 19.2 Å².